The van der Waals surface area contributed by atoms with Crippen molar-refractivity contribution in [2.45, 2.75) is 23.8 Å². The van der Waals surface area contributed by atoms with Gasteiger partial charge in [0.2, 0.25) is 0 Å². The van der Waals surface area contributed by atoms with Crippen LogP contribution in [0.3, 0.4) is 0 Å². The van der Waals surface area contributed by atoms with Crippen LogP contribution in [-0.2, 0) is 17.4 Å². The molecule has 92 valence electrons. The molecule has 2 heterocycles. The van der Waals surface area contributed by atoms with Crippen molar-refractivity contribution in [2.24, 2.45) is 0 Å². The Kier molecular flexibility index (Phi) is 3.21. The maximum atomic E-state index is 3.21. The molecule has 1 aliphatic rings. The average Bonchev–Trinajstić information content (AvgIpc) is 2.76. The van der Waals surface area contributed by atoms with Gasteiger partial charge in [-0.1, -0.05) is 28.7 Å². The summed E-state index contributed by atoms with van der Waals surface area (Å²) in [5, 5.41) is 4.22. The van der Waals surface area contributed by atoms with Gasteiger partial charge in [-0.15, -0.1) is 0 Å². The number of aryl methyl sites for hydroxylation is 2. The van der Waals surface area contributed by atoms with E-state index in [0.717, 1.165) is 16.5 Å². The van der Waals surface area contributed by atoms with Crippen LogP contribution in [0.5, 0.6) is 0 Å². The molecule has 0 atom stereocenters. The van der Waals surface area contributed by atoms with Crippen LogP contribution in [0.1, 0.15) is 23.1 Å². The van der Waals surface area contributed by atoms with Gasteiger partial charge in [0.1, 0.15) is 0 Å². The number of nitrogens with zero attached hydrogens (tertiary/aromatic N) is 1. The second-order valence-corrected chi connectivity index (χ2v) is 5.39. The van der Waals surface area contributed by atoms with Crippen LogP contribution in [0.25, 0.3) is 10.9 Å². The van der Waals surface area contributed by atoms with Crippen molar-refractivity contribution in [3.8, 4) is 12.0 Å². The normalized spacial score (nSPS) is 13.2. The van der Waals surface area contributed by atoms with Crippen LogP contribution in [0, 0.1) is 12.0 Å². The Bertz CT molecular complexity index is 658. The highest BCUT2D eigenvalue weighted by Crippen LogP contribution is 2.31. The van der Waals surface area contributed by atoms with E-state index in [4.69, 9.17) is 0 Å². The van der Waals surface area contributed by atoms with Crippen LogP contribution in [0.15, 0.2) is 18.3 Å². The molecular weight excluding hydrogens is 335 g/mol. The molecule has 0 saturated carbocycles. The molecule has 0 bridgehead atoms. The number of benzene rings is 1. The summed E-state index contributed by atoms with van der Waals surface area (Å²) in [6.07, 6.45) is 4.64. The van der Waals surface area contributed by atoms with Gasteiger partial charge >= 0.3 is 0 Å². The first-order valence-corrected chi connectivity index (χ1v) is 7.74. The maximum Gasteiger partial charge on any atom is 0.0526 e. The Labute approximate surface area is 121 Å². The average molecular weight is 350 g/mol. The van der Waals surface area contributed by atoms with E-state index in [0.29, 0.717) is 0 Å². The summed E-state index contributed by atoms with van der Waals surface area (Å²) >= 11 is 2.43. The van der Waals surface area contributed by atoms with E-state index in [1.54, 1.807) is 0 Å². The third kappa shape index (κ3) is 1.89. The van der Waals surface area contributed by atoms with E-state index in [-0.39, 0.29) is 0 Å². The number of hydrogen-bond donors (Lipinski definition) is 1. The van der Waals surface area contributed by atoms with Crippen molar-refractivity contribution in [3.63, 3.8) is 0 Å². The predicted octanol–water partition coefficient (Wildman–Crippen LogP) is 3.05. The van der Waals surface area contributed by atoms with Crippen LogP contribution in [-0.4, -0.2) is 11.6 Å². The van der Waals surface area contributed by atoms with E-state index in [9.17, 15) is 0 Å². The lowest BCUT2D eigenvalue weighted by molar-refractivity contribution is 0.635. The molecule has 0 radical (unpaired) electrons. The molecule has 2 aromatic rings. The fraction of sp³-hybridized carbons (Fsp3) is 0.333. The lowest BCUT2D eigenvalue weighted by Crippen LogP contribution is -2.06. The zero-order valence-electron chi connectivity index (χ0n) is 10.4. The standard InChI is InChI=1S/C15H15IN2/c1-17-5-4-13-10-18-6-2-3-12-7-11(9-16)8-14(13)15(12)18/h7-8,10,17H,2-3,6,9H2,1H3. The number of aromatic nitrogens is 1. The van der Waals surface area contributed by atoms with Crippen molar-refractivity contribution in [1.29, 1.82) is 0 Å². The largest absolute Gasteiger partial charge is 0.349 e. The quantitative estimate of drug-likeness (QED) is 0.362. The van der Waals surface area contributed by atoms with Gasteiger partial charge in [-0.3, -0.25) is 0 Å². The molecule has 3 heteroatoms. The molecule has 3 rings (SSSR count). The van der Waals surface area contributed by atoms with E-state index in [1.165, 1.54) is 34.9 Å². The van der Waals surface area contributed by atoms with Gasteiger partial charge < -0.3 is 9.88 Å². The van der Waals surface area contributed by atoms with Crippen molar-refractivity contribution >= 4 is 33.5 Å². The van der Waals surface area contributed by atoms with Crippen LogP contribution in [0.4, 0.5) is 0 Å². The number of halogens is 1. The molecule has 2 nitrogen and oxygen atoms in total. The lowest BCUT2D eigenvalue weighted by Gasteiger charge is -2.16. The third-order valence-electron chi connectivity index (χ3n) is 3.43. The van der Waals surface area contributed by atoms with Crippen molar-refractivity contribution in [3.05, 3.63) is 35.0 Å². The van der Waals surface area contributed by atoms with E-state index < -0.39 is 0 Å². The molecule has 0 amide bonds. The summed E-state index contributed by atoms with van der Waals surface area (Å²) in [5.41, 5.74) is 5.44. The van der Waals surface area contributed by atoms with Crippen molar-refractivity contribution in [1.82, 2.24) is 9.88 Å². The molecule has 1 aromatic carbocycles. The van der Waals surface area contributed by atoms with Gasteiger partial charge in [-0.05, 0) is 36.0 Å². The van der Waals surface area contributed by atoms with Crippen molar-refractivity contribution in [2.75, 3.05) is 7.05 Å². The molecule has 18 heavy (non-hydrogen) atoms. The zero-order valence-corrected chi connectivity index (χ0v) is 12.5. The summed E-state index contributed by atoms with van der Waals surface area (Å²) in [6, 6.07) is 7.62. The number of hydrogen-bond acceptors (Lipinski definition) is 1. The molecule has 0 fully saturated rings. The maximum absolute atomic E-state index is 3.21. The molecule has 0 unspecified atom stereocenters. The molecule has 0 spiro atoms. The van der Waals surface area contributed by atoms with E-state index >= 15 is 0 Å². The molecule has 0 saturated heterocycles. The minimum Gasteiger partial charge on any atom is -0.349 e. The van der Waals surface area contributed by atoms with Gasteiger partial charge in [0.25, 0.3) is 0 Å². The van der Waals surface area contributed by atoms with Gasteiger partial charge in [0.05, 0.1) is 11.1 Å². The summed E-state index contributed by atoms with van der Waals surface area (Å²) in [6.45, 7) is 1.12. The minimum atomic E-state index is 1.06. The summed E-state index contributed by atoms with van der Waals surface area (Å²) < 4.78 is 3.43. The van der Waals surface area contributed by atoms with Gasteiger partial charge in [0.15, 0.2) is 0 Å². The zero-order chi connectivity index (χ0) is 12.5. The summed E-state index contributed by atoms with van der Waals surface area (Å²) in [5.74, 6) is 3.21. The monoisotopic (exact) mass is 350 g/mol. The molecule has 1 aromatic heterocycles. The van der Waals surface area contributed by atoms with Gasteiger partial charge in [0, 0.05) is 35.6 Å². The number of nitrogens with one attached hydrogen (secondary N) is 1. The Morgan fingerprint density at radius 2 is 2.33 bits per heavy atom. The smallest absolute Gasteiger partial charge is 0.0526 e. The van der Waals surface area contributed by atoms with Gasteiger partial charge in [-0.25, -0.2) is 0 Å². The lowest BCUT2D eigenvalue weighted by atomic mass is 10.00. The second-order valence-electron chi connectivity index (χ2n) is 4.62. The van der Waals surface area contributed by atoms with Crippen LogP contribution in [0.2, 0.25) is 0 Å². The Balaban J connectivity index is 2.30. The molecule has 1 aliphatic heterocycles. The highest BCUT2D eigenvalue weighted by atomic mass is 127. The SMILES string of the molecule is CNC#Cc1cn2c3c(cc(CI)cc13)CCC2. The first-order valence-electron chi connectivity index (χ1n) is 6.22. The Hall–Kier alpha value is -1.15. The fourth-order valence-corrected chi connectivity index (χ4v) is 3.15. The fourth-order valence-electron chi connectivity index (χ4n) is 2.71. The topological polar surface area (TPSA) is 17.0 Å². The minimum absolute atomic E-state index is 1.06. The first kappa shape index (κ1) is 11.9. The number of rotatable bonds is 1. The van der Waals surface area contributed by atoms with Crippen LogP contribution < -0.4 is 5.32 Å². The Morgan fingerprint density at radius 3 is 3.11 bits per heavy atom. The van der Waals surface area contributed by atoms with E-state index in [1.807, 2.05) is 7.05 Å². The summed E-state index contributed by atoms with van der Waals surface area (Å²) in [7, 11) is 1.85. The highest BCUT2D eigenvalue weighted by Gasteiger charge is 2.16. The first-order chi connectivity index (χ1) is 8.83. The molecule has 0 aliphatic carbocycles. The second kappa shape index (κ2) is 4.85. The molecular formula is C15H15IN2. The van der Waals surface area contributed by atoms with Crippen molar-refractivity contribution < 1.29 is 0 Å². The van der Waals surface area contributed by atoms with E-state index in [2.05, 4.69) is 62.8 Å². The third-order valence-corrected chi connectivity index (χ3v) is 4.31. The molecule has 1 N–H and O–H groups in total. The van der Waals surface area contributed by atoms with Crippen LogP contribution >= 0.6 is 22.6 Å². The van der Waals surface area contributed by atoms with Gasteiger partial charge in [-0.2, -0.15) is 0 Å². The number of alkyl halides is 1. The summed E-state index contributed by atoms with van der Waals surface area (Å²) in [4.78, 5) is 0. The predicted molar refractivity (Wildman–Crippen MR) is 83.9 cm³/mol. The highest BCUT2D eigenvalue weighted by molar-refractivity contribution is 14.1. The Morgan fingerprint density at radius 1 is 1.44 bits per heavy atom.